The van der Waals surface area contributed by atoms with Crippen LogP contribution in [0.2, 0.25) is 0 Å². The summed E-state index contributed by atoms with van der Waals surface area (Å²) in [6.07, 6.45) is 1.29. The molecule has 0 saturated heterocycles. The molecule has 0 radical (unpaired) electrons. The van der Waals surface area contributed by atoms with Crippen LogP contribution in [0, 0.1) is 11.7 Å². The molecule has 2 rings (SSSR count). The second kappa shape index (κ2) is 9.56. The zero-order valence-corrected chi connectivity index (χ0v) is 14.6. The molecule has 0 fully saturated rings. The van der Waals surface area contributed by atoms with Crippen molar-refractivity contribution in [3.63, 3.8) is 0 Å². The summed E-state index contributed by atoms with van der Waals surface area (Å²) in [4.78, 5) is 22.8. The molecule has 2 N–H and O–H groups in total. The molecular weight excluding hydrogens is 337 g/mol. The Hall–Kier alpha value is -2.89. The molecule has 0 bridgehead atoms. The van der Waals surface area contributed by atoms with Crippen LogP contribution in [0.1, 0.15) is 25.3 Å². The minimum Gasteiger partial charge on any atom is -0.494 e. The molecule has 0 aliphatic rings. The largest absolute Gasteiger partial charge is 0.494 e. The SMILES string of the molecule is CC(Cc1ccc(NC(=O)CCCOc2ccc(F)cc2)cc1)C(=O)O. The minimum absolute atomic E-state index is 0.126. The molecule has 0 spiro atoms. The number of rotatable bonds is 9. The van der Waals surface area contributed by atoms with Crippen LogP contribution in [0.5, 0.6) is 5.75 Å². The third-order valence-electron chi connectivity index (χ3n) is 3.83. The van der Waals surface area contributed by atoms with Gasteiger partial charge in [0.1, 0.15) is 11.6 Å². The van der Waals surface area contributed by atoms with Crippen LogP contribution >= 0.6 is 0 Å². The van der Waals surface area contributed by atoms with Gasteiger partial charge in [-0.2, -0.15) is 0 Å². The summed E-state index contributed by atoms with van der Waals surface area (Å²) in [6.45, 7) is 2.02. The second-order valence-corrected chi connectivity index (χ2v) is 6.09. The van der Waals surface area contributed by atoms with E-state index >= 15 is 0 Å². The summed E-state index contributed by atoms with van der Waals surface area (Å²) in [7, 11) is 0. The number of anilines is 1. The molecule has 2 aromatic rings. The van der Waals surface area contributed by atoms with Crippen LogP contribution in [0.15, 0.2) is 48.5 Å². The van der Waals surface area contributed by atoms with Gasteiger partial charge in [0.15, 0.2) is 0 Å². The van der Waals surface area contributed by atoms with E-state index in [-0.39, 0.29) is 11.7 Å². The maximum Gasteiger partial charge on any atom is 0.306 e. The molecule has 0 aliphatic heterocycles. The highest BCUT2D eigenvalue weighted by molar-refractivity contribution is 5.90. The fraction of sp³-hybridized carbons (Fsp3) is 0.300. The second-order valence-electron chi connectivity index (χ2n) is 6.09. The number of carboxylic acids is 1. The molecule has 0 heterocycles. The van der Waals surface area contributed by atoms with Crippen molar-refractivity contribution in [1.82, 2.24) is 0 Å². The fourth-order valence-corrected chi connectivity index (χ4v) is 2.34. The number of amides is 1. The van der Waals surface area contributed by atoms with Crippen LogP contribution < -0.4 is 10.1 Å². The number of benzene rings is 2. The van der Waals surface area contributed by atoms with Gasteiger partial charge in [0, 0.05) is 12.1 Å². The maximum absolute atomic E-state index is 12.8. The van der Waals surface area contributed by atoms with Crippen molar-refractivity contribution in [2.75, 3.05) is 11.9 Å². The highest BCUT2D eigenvalue weighted by Crippen LogP contribution is 2.14. The van der Waals surface area contributed by atoms with Gasteiger partial charge in [-0.25, -0.2) is 4.39 Å². The Morgan fingerprint density at radius 2 is 1.77 bits per heavy atom. The quantitative estimate of drug-likeness (QED) is 0.666. The van der Waals surface area contributed by atoms with Gasteiger partial charge in [-0.05, 0) is 54.8 Å². The molecule has 5 nitrogen and oxygen atoms in total. The van der Waals surface area contributed by atoms with Gasteiger partial charge >= 0.3 is 5.97 Å². The molecule has 0 aliphatic carbocycles. The predicted octanol–water partition coefficient (Wildman–Crippen LogP) is 3.89. The van der Waals surface area contributed by atoms with Gasteiger partial charge < -0.3 is 15.2 Å². The lowest BCUT2D eigenvalue weighted by molar-refractivity contribution is -0.141. The van der Waals surface area contributed by atoms with Crippen molar-refractivity contribution in [2.24, 2.45) is 5.92 Å². The lowest BCUT2D eigenvalue weighted by Crippen LogP contribution is -2.13. The van der Waals surface area contributed by atoms with E-state index < -0.39 is 11.9 Å². The van der Waals surface area contributed by atoms with E-state index in [1.54, 1.807) is 31.2 Å². The van der Waals surface area contributed by atoms with E-state index in [4.69, 9.17) is 9.84 Å². The zero-order chi connectivity index (χ0) is 18.9. The third kappa shape index (κ3) is 6.55. The number of carboxylic acid groups (broad SMARTS) is 1. The van der Waals surface area contributed by atoms with Crippen LogP contribution in [-0.4, -0.2) is 23.6 Å². The minimum atomic E-state index is -0.828. The first-order valence-electron chi connectivity index (χ1n) is 8.44. The summed E-state index contributed by atoms with van der Waals surface area (Å²) < 4.78 is 18.2. The molecule has 2 aromatic carbocycles. The maximum atomic E-state index is 12.8. The van der Waals surface area contributed by atoms with Crippen molar-refractivity contribution in [3.8, 4) is 5.75 Å². The molecule has 0 saturated carbocycles. The Kier molecular flexibility index (Phi) is 7.14. The molecule has 0 aromatic heterocycles. The van der Waals surface area contributed by atoms with E-state index in [2.05, 4.69) is 5.32 Å². The predicted molar refractivity (Wildman–Crippen MR) is 96.7 cm³/mol. The number of aliphatic carboxylic acids is 1. The fourth-order valence-electron chi connectivity index (χ4n) is 2.34. The van der Waals surface area contributed by atoms with Crippen LogP contribution in [-0.2, 0) is 16.0 Å². The summed E-state index contributed by atoms with van der Waals surface area (Å²) in [5, 5.41) is 11.7. The van der Waals surface area contributed by atoms with Crippen molar-refractivity contribution < 1.29 is 23.8 Å². The number of carbonyl (C=O) groups excluding carboxylic acids is 1. The van der Waals surface area contributed by atoms with E-state index in [0.717, 1.165) is 5.56 Å². The van der Waals surface area contributed by atoms with E-state index in [1.165, 1.54) is 12.1 Å². The summed E-state index contributed by atoms with van der Waals surface area (Å²) >= 11 is 0. The Balaban J connectivity index is 1.70. The van der Waals surface area contributed by atoms with Gasteiger partial charge in [0.2, 0.25) is 5.91 Å². The molecule has 26 heavy (non-hydrogen) atoms. The van der Waals surface area contributed by atoms with Crippen molar-refractivity contribution in [2.45, 2.75) is 26.2 Å². The van der Waals surface area contributed by atoms with Gasteiger partial charge in [-0.3, -0.25) is 9.59 Å². The standard InChI is InChI=1S/C20H22FNO4/c1-14(20(24)25)13-15-4-8-17(9-5-15)22-19(23)3-2-12-26-18-10-6-16(21)7-11-18/h4-11,14H,2-3,12-13H2,1H3,(H,22,23)(H,24,25). The zero-order valence-electron chi connectivity index (χ0n) is 14.6. The van der Waals surface area contributed by atoms with E-state index in [9.17, 15) is 14.0 Å². The summed E-state index contributed by atoms with van der Waals surface area (Å²) in [5.74, 6) is -1.15. The third-order valence-corrected chi connectivity index (χ3v) is 3.83. The number of halogens is 1. The lowest BCUT2D eigenvalue weighted by atomic mass is 10.0. The Morgan fingerprint density at radius 1 is 1.12 bits per heavy atom. The highest BCUT2D eigenvalue weighted by Gasteiger charge is 2.11. The lowest BCUT2D eigenvalue weighted by Gasteiger charge is -2.09. The van der Waals surface area contributed by atoms with Crippen LogP contribution in [0.3, 0.4) is 0 Å². The Bertz CT molecular complexity index is 728. The molecule has 1 amide bonds. The molecule has 1 atom stereocenters. The average Bonchev–Trinajstić information content (AvgIpc) is 2.62. The number of hydrogen-bond donors (Lipinski definition) is 2. The van der Waals surface area contributed by atoms with Gasteiger partial charge in [-0.15, -0.1) is 0 Å². The molecule has 138 valence electrons. The van der Waals surface area contributed by atoms with E-state index in [1.807, 2.05) is 12.1 Å². The summed E-state index contributed by atoms with van der Waals surface area (Å²) in [5.41, 5.74) is 1.58. The monoisotopic (exact) mass is 359 g/mol. The highest BCUT2D eigenvalue weighted by atomic mass is 19.1. The molecule has 6 heteroatoms. The first-order chi connectivity index (χ1) is 12.4. The first-order valence-corrected chi connectivity index (χ1v) is 8.44. The van der Waals surface area contributed by atoms with Gasteiger partial charge in [0.05, 0.1) is 12.5 Å². The topological polar surface area (TPSA) is 75.6 Å². The number of nitrogens with one attached hydrogen (secondary N) is 1. The number of carbonyl (C=O) groups is 2. The van der Waals surface area contributed by atoms with Crippen molar-refractivity contribution in [1.29, 1.82) is 0 Å². The Morgan fingerprint density at radius 3 is 2.38 bits per heavy atom. The Labute approximate surface area is 151 Å². The van der Waals surface area contributed by atoms with Crippen molar-refractivity contribution in [3.05, 3.63) is 59.9 Å². The first kappa shape index (κ1) is 19.4. The van der Waals surface area contributed by atoms with Crippen LogP contribution in [0.4, 0.5) is 10.1 Å². The average molecular weight is 359 g/mol. The van der Waals surface area contributed by atoms with Gasteiger partial charge in [-0.1, -0.05) is 19.1 Å². The summed E-state index contributed by atoms with van der Waals surface area (Å²) in [6, 6.07) is 12.9. The van der Waals surface area contributed by atoms with E-state index in [0.29, 0.717) is 37.3 Å². The number of ether oxygens (including phenoxy) is 1. The smallest absolute Gasteiger partial charge is 0.306 e. The van der Waals surface area contributed by atoms with Gasteiger partial charge in [0.25, 0.3) is 0 Å². The normalized spacial score (nSPS) is 11.6. The van der Waals surface area contributed by atoms with Crippen LogP contribution in [0.25, 0.3) is 0 Å². The molecule has 1 unspecified atom stereocenters. The molecular formula is C20H22FNO4. The van der Waals surface area contributed by atoms with Crippen molar-refractivity contribution >= 4 is 17.6 Å². The number of hydrogen-bond acceptors (Lipinski definition) is 3.